The molecule has 1 N–H and O–H groups in total. The largest absolute Gasteiger partial charge is 0.543 e. The highest BCUT2D eigenvalue weighted by atomic mass is 79.9. The van der Waals surface area contributed by atoms with Gasteiger partial charge in [0, 0.05) is 50.7 Å². The first-order valence-corrected chi connectivity index (χ1v) is 38.5. The maximum atomic E-state index is 15.4. The Morgan fingerprint density at radius 2 is 0.891 bits per heavy atom. The van der Waals surface area contributed by atoms with Gasteiger partial charge in [-0.05, 0) is 231 Å². The summed E-state index contributed by atoms with van der Waals surface area (Å²) >= 11 is 3.59. The molecule has 16 heteroatoms. The zero-order chi connectivity index (χ0) is 67.1. The van der Waals surface area contributed by atoms with Gasteiger partial charge >= 0.3 is 11.9 Å². The molecular formula is C76H91BrF2O11Si2. The molecule has 2 aliphatic heterocycles. The van der Waals surface area contributed by atoms with Crippen LogP contribution in [0.25, 0.3) is 22.3 Å². The minimum absolute atomic E-state index is 0.0381. The van der Waals surface area contributed by atoms with E-state index in [9.17, 15) is 14.7 Å². The fraction of sp³-hybridized carbons (Fsp3) is 0.421. The van der Waals surface area contributed by atoms with E-state index in [1.165, 1.54) is 35.9 Å². The Hall–Kier alpha value is -7.15. The summed E-state index contributed by atoms with van der Waals surface area (Å²) < 4.78 is 78.4. The zero-order valence-electron chi connectivity index (χ0n) is 56.9. The van der Waals surface area contributed by atoms with Crippen molar-refractivity contribution in [3.05, 3.63) is 180 Å². The molecule has 4 atom stereocenters. The lowest BCUT2D eigenvalue weighted by Crippen LogP contribution is -2.43. The summed E-state index contributed by atoms with van der Waals surface area (Å²) in [5.74, 6) is 3.65. The smallest absolute Gasteiger partial charge is 0.306 e. The fourth-order valence-corrected chi connectivity index (χ4v) is 14.8. The quantitative estimate of drug-likeness (QED) is 0.0825. The molecule has 7 aromatic rings. The predicted octanol–water partition coefficient (Wildman–Crippen LogP) is 20.0. The first-order valence-electron chi connectivity index (χ1n) is 31.9. The van der Waals surface area contributed by atoms with Gasteiger partial charge < -0.3 is 42.4 Å². The van der Waals surface area contributed by atoms with Crippen LogP contribution >= 0.6 is 15.9 Å². The van der Waals surface area contributed by atoms with Gasteiger partial charge in [0.05, 0.1) is 40.3 Å². The maximum Gasteiger partial charge on any atom is 0.306 e. The molecule has 2 heterocycles. The van der Waals surface area contributed by atoms with Gasteiger partial charge in [0.1, 0.15) is 64.1 Å². The number of rotatable bonds is 14. The van der Waals surface area contributed by atoms with Crippen LogP contribution in [0.5, 0.6) is 40.2 Å². The molecule has 0 fully saturated rings. The van der Waals surface area contributed by atoms with Gasteiger partial charge in [-0.3, -0.25) is 9.59 Å². The zero-order valence-corrected chi connectivity index (χ0v) is 60.5. The van der Waals surface area contributed by atoms with Crippen LogP contribution in [0, 0.1) is 53.2 Å². The Labute approximate surface area is 553 Å². The van der Waals surface area contributed by atoms with Crippen molar-refractivity contribution in [1.82, 2.24) is 0 Å². The number of aryl methyl sites for hydroxylation is 6. The lowest BCUT2D eigenvalue weighted by Gasteiger charge is -2.36. The van der Waals surface area contributed by atoms with Crippen molar-refractivity contribution >= 4 is 44.5 Å². The lowest BCUT2D eigenvalue weighted by molar-refractivity contribution is -0.142. The number of phenolic OH excluding ortho intramolecular Hbond substituents is 1. The highest BCUT2D eigenvalue weighted by molar-refractivity contribution is 9.10. The van der Waals surface area contributed by atoms with E-state index in [0.717, 1.165) is 84.7 Å². The number of phenols is 1. The minimum atomic E-state index is -1.97. The second-order valence-corrected chi connectivity index (χ2v) is 38.5. The average Bonchev–Trinajstić information content (AvgIpc) is 1.55. The molecule has 92 heavy (non-hydrogen) atoms. The first kappa shape index (κ1) is 69.2. The van der Waals surface area contributed by atoms with Gasteiger partial charge in [-0.2, -0.15) is 0 Å². The summed E-state index contributed by atoms with van der Waals surface area (Å²) in [5.41, 5.74) is 15.9. The number of aromatic hydroxyl groups is 1. The normalized spacial score (nSPS) is 17.1. The van der Waals surface area contributed by atoms with Crippen molar-refractivity contribution in [3.63, 3.8) is 0 Å². The van der Waals surface area contributed by atoms with E-state index in [2.05, 4.69) is 136 Å². The Bertz CT molecular complexity index is 3870. The van der Waals surface area contributed by atoms with E-state index in [4.69, 9.17) is 37.3 Å². The molecule has 11 nitrogen and oxygen atoms in total. The van der Waals surface area contributed by atoms with E-state index >= 15 is 8.78 Å². The summed E-state index contributed by atoms with van der Waals surface area (Å²) in [7, 11) is -0.928. The number of methoxy groups -OCH3 is 2. The van der Waals surface area contributed by atoms with Crippen LogP contribution in [0.15, 0.2) is 102 Å². The number of carbonyl (C=O) groups is 2. The molecule has 0 amide bonds. The van der Waals surface area contributed by atoms with Crippen molar-refractivity contribution in [2.45, 2.75) is 182 Å². The number of esters is 2. The van der Waals surface area contributed by atoms with E-state index in [1.54, 1.807) is 18.2 Å². The second-order valence-electron chi connectivity index (χ2n) is 28.2. The van der Waals surface area contributed by atoms with E-state index in [1.807, 2.05) is 62.4 Å². The monoisotopic (exact) mass is 1350 g/mol. The number of hydrogen-bond donors (Lipinski definition) is 1. The minimum Gasteiger partial charge on any atom is -0.543 e. The summed E-state index contributed by atoms with van der Waals surface area (Å²) in [6.45, 7) is 35.8. The number of benzene rings is 7. The molecular weight excluding hydrogens is 1260 g/mol. The van der Waals surface area contributed by atoms with Crippen molar-refractivity contribution < 1.29 is 60.7 Å². The van der Waals surface area contributed by atoms with Crippen molar-refractivity contribution in [2.24, 2.45) is 0 Å². The van der Waals surface area contributed by atoms with Crippen LogP contribution in [0.1, 0.15) is 158 Å². The molecule has 490 valence electrons. The summed E-state index contributed by atoms with van der Waals surface area (Å²) in [5, 5.41) is 10.3. The van der Waals surface area contributed by atoms with E-state index in [0.29, 0.717) is 66.6 Å². The van der Waals surface area contributed by atoms with Gasteiger partial charge in [-0.15, -0.1) is 0 Å². The van der Waals surface area contributed by atoms with Crippen molar-refractivity contribution in [1.29, 1.82) is 0 Å². The Morgan fingerprint density at radius 1 is 0.533 bits per heavy atom. The maximum absolute atomic E-state index is 15.4. The van der Waals surface area contributed by atoms with Crippen LogP contribution in [0.3, 0.4) is 0 Å². The van der Waals surface area contributed by atoms with Gasteiger partial charge in [0.25, 0.3) is 0 Å². The highest BCUT2D eigenvalue weighted by Gasteiger charge is 2.41. The lowest BCUT2D eigenvalue weighted by atomic mass is 9.90. The molecule has 7 aromatic carbocycles. The molecule has 0 spiro atoms. The molecule has 2 aliphatic carbocycles. The molecule has 11 rings (SSSR count). The van der Waals surface area contributed by atoms with Gasteiger partial charge in [0.15, 0.2) is 0 Å². The van der Waals surface area contributed by atoms with Gasteiger partial charge in [-0.1, -0.05) is 81.7 Å². The molecule has 0 unspecified atom stereocenters. The Kier molecular flexibility index (Phi) is 20.6. The Balaban J connectivity index is 0.000000176. The number of ether oxygens (including phenoxy) is 6. The van der Waals surface area contributed by atoms with Crippen LogP contribution < -0.4 is 27.8 Å². The SMILES string of the molecule is COC(=O)C[C@@H]1COc2cc(O[C@@H]3CCc4c(-c5c(C)cc(O)cc5C)ccc(F)c43)ccc21.COC(=O)C[C@@H]1COc2cc(O[C@@H]3CCc4c(-c5c(C)cc(O[Si](C)(C)C(C)(C)C)cc5C)ccc(F)c43)ccc21.Cc1cc(O[Si](C)(C)C(C)(C)C)cc(C)c1Br. The summed E-state index contributed by atoms with van der Waals surface area (Å²) in [6.07, 6.45) is 2.54. The number of carbonyl (C=O) groups excluding carboxylic acids is 2. The predicted molar refractivity (Wildman–Crippen MR) is 370 cm³/mol. The molecule has 4 aliphatic rings. The number of hydrogen-bond acceptors (Lipinski definition) is 11. The third-order valence-electron chi connectivity index (χ3n) is 19.5. The fourth-order valence-electron chi connectivity index (χ4n) is 12.6. The highest BCUT2D eigenvalue weighted by Crippen LogP contribution is 2.49. The van der Waals surface area contributed by atoms with Gasteiger partial charge in [-0.25, -0.2) is 8.78 Å². The standard InChI is InChI=1S/C34H41FO5Si.C28H27FO5.C14H23BrOSi/c1-20-15-24(40-41(7,8)34(3,4)5)16-21(2)32(20)26-11-13-28(35)33-27(26)12-14-29(33)39-23-9-10-25-22(17-31(36)37-6)19-38-30(25)18-23;1-15-10-18(30)11-16(2)27(15)21-6-8-23(29)28-22(21)7-9-24(28)34-19-4-5-20-17(12-26(31)32-3)14-33-25(20)13-19;1-10-8-12(9-11(2)13(10)15)16-17(6,7)14(3,4)5/h9-11,13,15-16,18,22,29H,12,14,17,19H2,1-8H3;4-6,8,10-11,13,17,24,30H,7,9,12,14H2,1-3H3;8-9H,1-7H3/t22-,29-;17-,24-;/m11./s1. The topological polar surface area (TPSA) is 128 Å². The number of fused-ring (bicyclic) bond motifs is 4. The van der Waals surface area contributed by atoms with Crippen LogP contribution in [0.4, 0.5) is 8.78 Å². The second kappa shape index (κ2) is 27.4. The molecule has 0 saturated heterocycles. The summed E-state index contributed by atoms with van der Waals surface area (Å²) in [6, 6.07) is 30.0. The average molecular weight is 1350 g/mol. The molecule has 0 radical (unpaired) electrons. The third-order valence-corrected chi connectivity index (χ3v) is 29.4. The van der Waals surface area contributed by atoms with Crippen LogP contribution in [0.2, 0.25) is 36.3 Å². The van der Waals surface area contributed by atoms with E-state index in [-0.39, 0.29) is 64.1 Å². The van der Waals surface area contributed by atoms with Crippen molar-refractivity contribution in [2.75, 3.05) is 27.4 Å². The first-order chi connectivity index (χ1) is 43.2. The van der Waals surface area contributed by atoms with Crippen molar-refractivity contribution in [3.8, 4) is 62.5 Å². The van der Waals surface area contributed by atoms with Gasteiger partial charge in [0.2, 0.25) is 16.6 Å². The molecule has 0 saturated carbocycles. The third kappa shape index (κ3) is 14.9. The Morgan fingerprint density at radius 3 is 1.25 bits per heavy atom. The number of halogens is 3. The van der Waals surface area contributed by atoms with E-state index < -0.39 is 28.8 Å². The molecule has 0 bridgehead atoms. The molecule has 0 aromatic heterocycles. The van der Waals surface area contributed by atoms with Crippen LogP contribution in [-0.4, -0.2) is 61.1 Å². The van der Waals surface area contributed by atoms with Crippen LogP contribution in [-0.2, 0) is 31.9 Å². The summed E-state index contributed by atoms with van der Waals surface area (Å²) in [4.78, 5) is 23.4.